The fraction of sp³-hybridized carbons (Fsp3) is 0.333. The Bertz CT molecular complexity index is 534. The van der Waals surface area contributed by atoms with E-state index in [2.05, 4.69) is 29.4 Å². The zero-order valence-corrected chi connectivity index (χ0v) is 11.9. The normalized spacial score (nSPS) is 10.3. The standard InChI is InChI=1S/C12H14N2O2S2/c1-3-16-12(15)10-11(17-7-14-10)13-6-9-5-4-8(2)18-9/h4-5,7,13H,3,6H2,1-2H3. The van der Waals surface area contributed by atoms with Crippen molar-refractivity contribution in [1.82, 2.24) is 4.98 Å². The molecule has 0 aromatic carbocycles. The van der Waals surface area contributed by atoms with Gasteiger partial charge in [0.25, 0.3) is 0 Å². The van der Waals surface area contributed by atoms with Gasteiger partial charge in [0, 0.05) is 9.75 Å². The Morgan fingerprint density at radius 3 is 3.00 bits per heavy atom. The summed E-state index contributed by atoms with van der Waals surface area (Å²) in [6.07, 6.45) is 0. The molecule has 1 N–H and O–H groups in total. The molecule has 0 amide bonds. The molecule has 0 aliphatic heterocycles. The first kappa shape index (κ1) is 13.0. The molecule has 4 nitrogen and oxygen atoms in total. The zero-order valence-electron chi connectivity index (χ0n) is 10.2. The van der Waals surface area contributed by atoms with Gasteiger partial charge in [-0.3, -0.25) is 0 Å². The number of anilines is 1. The van der Waals surface area contributed by atoms with Gasteiger partial charge in [-0.15, -0.1) is 22.7 Å². The fourth-order valence-electron chi connectivity index (χ4n) is 1.46. The molecular formula is C12H14N2O2S2. The number of esters is 1. The Kier molecular flexibility index (Phi) is 4.33. The number of hydrogen-bond donors (Lipinski definition) is 1. The van der Waals surface area contributed by atoms with Crippen LogP contribution in [0.5, 0.6) is 0 Å². The molecule has 0 radical (unpaired) electrons. The highest BCUT2D eigenvalue weighted by molar-refractivity contribution is 7.14. The van der Waals surface area contributed by atoms with Crippen molar-refractivity contribution in [2.75, 3.05) is 11.9 Å². The number of thiophene rings is 1. The number of ether oxygens (including phenoxy) is 1. The van der Waals surface area contributed by atoms with Gasteiger partial charge in [0.2, 0.25) is 0 Å². The number of thiazole rings is 1. The Hall–Kier alpha value is -1.40. The highest BCUT2D eigenvalue weighted by Gasteiger charge is 2.15. The molecule has 2 aromatic rings. The molecule has 2 heterocycles. The third kappa shape index (κ3) is 3.08. The second kappa shape index (κ2) is 5.97. The van der Waals surface area contributed by atoms with Gasteiger partial charge < -0.3 is 10.1 Å². The molecule has 0 fully saturated rings. The number of nitrogens with zero attached hydrogens (tertiary/aromatic N) is 1. The lowest BCUT2D eigenvalue weighted by Gasteiger charge is -2.04. The van der Waals surface area contributed by atoms with Crippen LogP contribution in [0.2, 0.25) is 0 Å². The minimum Gasteiger partial charge on any atom is -0.461 e. The Morgan fingerprint density at radius 1 is 1.50 bits per heavy atom. The van der Waals surface area contributed by atoms with Crippen LogP contribution in [-0.2, 0) is 11.3 Å². The average Bonchev–Trinajstić information content (AvgIpc) is 2.95. The SMILES string of the molecule is CCOC(=O)c1ncsc1NCc1ccc(C)s1. The lowest BCUT2D eigenvalue weighted by Crippen LogP contribution is -2.08. The minimum absolute atomic E-state index is 0.361. The summed E-state index contributed by atoms with van der Waals surface area (Å²) >= 11 is 3.15. The number of hydrogen-bond acceptors (Lipinski definition) is 6. The molecule has 0 atom stereocenters. The number of aromatic nitrogens is 1. The lowest BCUT2D eigenvalue weighted by molar-refractivity contribution is 0.0521. The smallest absolute Gasteiger partial charge is 0.360 e. The van der Waals surface area contributed by atoms with Crippen LogP contribution in [0, 0.1) is 6.92 Å². The highest BCUT2D eigenvalue weighted by atomic mass is 32.1. The number of aryl methyl sites for hydroxylation is 1. The van der Waals surface area contributed by atoms with Crippen LogP contribution >= 0.6 is 22.7 Å². The number of carbonyl (C=O) groups excluding carboxylic acids is 1. The van der Waals surface area contributed by atoms with E-state index in [0.717, 1.165) is 5.00 Å². The van der Waals surface area contributed by atoms with Crippen molar-refractivity contribution in [2.45, 2.75) is 20.4 Å². The predicted molar refractivity (Wildman–Crippen MR) is 74.5 cm³/mol. The molecule has 2 rings (SSSR count). The maximum Gasteiger partial charge on any atom is 0.360 e. The summed E-state index contributed by atoms with van der Waals surface area (Å²) in [5.41, 5.74) is 2.02. The first-order valence-electron chi connectivity index (χ1n) is 5.60. The van der Waals surface area contributed by atoms with Crippen LogP contribution in [0.25, 0.3) is 0 Å². The van der Waals surface area contributed by atoms with Crippen LogP contribution in [0.3, 0.4) is 0 Å². The van der Waals surface area contributed by atoms with Crippen LogP contribution in [0.1, 0.15) is 27.2 Å². The van der Waals surface area contributed by atoms with E-state index in [-0.39, 0.29) is 5.97 Å². The predicted octanol–water partition coefficient (Wildman–Crippen LogP) is 3.30. The molecule has 0 aliphatic carbocycles. The van der Waals surface area contributed by atoms with Gasteiger partial charge >= 0.3 is 5.97 Å². The van der Waals surface area contributed by atoms with Gasteiger partial charge in [-0.1, -0.05) is 0 Å². The molecule has 2 aromatic heterocycles. The van der Waals surface area contributed by atoms with E-state index in [1.165, 1.54) is 21.1 Å². The lowest BCUT2D eigenvalue weighted by atomic mass is 10.4. The molecule has 0 bridgehead atoms. The van der Waals surface area contributed by atoms with E-state index < -0.39 is 0 Å². The van der Waals surface area contributed by atoms with Crippen molar-refractivity contribution in [3.63, 3.8) is 0 Å². The number of rotatable bonds is 5. The summed E-state index contributed by atoms with van der Waals surface area (Å²) in [7, 11) is 0. The molecule has 96 valence electrons. The van der Waals surface area contributed by atoms with E-state index in [1.54, 1.807) is 23.8 Å². The third-order valence-corrected chi connectivity index (χ3v) is 4.04. The van der Waals surface area contributed by atoms with Crippen LogP contribution < -0.4 is 5.32 Å². The maximum absolute atomic E-state index is 11.6. The number of carbonyl (C=O) groups is 1. The first-order chi connectivity index (χ1) is 8.70. The van der Waals surface area contributed by atoms with Crippen LogP contribution in [0.4, 0.5) is 5.00 Å². The first-order valence-corrected chi connectivity index (χ1v) is 7.30. The van der Waals surface area contributed by atoms with Gasteiger partial charge in [0.15, 0.2) is 5.69 Å². The fourth-order valence-corrected chi connectivity index (χ4v) is 2.96. The van der Waals surface area contributed by atoms with Gasteiger partial charge in [-0.2, -0.15) is 0 Å². The molecular weight excluding hydrogens is 268 g/mol. The topological polar surface area (TPSA) is 51.2 Å². The van der Waals surface area contributed by atoms with E-state index in [4.69, 9.17) is 4.74 Å². The molecule has 0 aliphatic rings. The van der Waals surface area contributed by atoms with Crippen molar-refractivity contribution in [3.05, 3.63) is 33.1 Å². The monoisotopic (exact) mass is 282 g/mol. The van der Waals surface area contributed by atoms with Crippen molar-refractivity contribution in [2.24, 2.45) is 0 Å². The summed E-state index contributed by atoms with van der Waals surface area (Å²) < 4.78 is 4.95. The van der Waals surface area contributed by atoms with Crippen LogP contribution in [0.15, 0.2) is 17.6 Å². The average molecular weight is 282 g/mol. The summed E-state index contributed by atoms with van der Waals surface area (Å²) in [5.74, 6) is -0.372. The molecule has 0 saturated heterocycles. The molecule has 6 heteroatoms. The van der Waals surface area contributed by atoms with Gasteiger partial charge in [0.1, 0.15) is 5.00 Å². The minimum atomic E-state index is -0.372. The summed E-state index contributed by atoms with van der Waals surface area (Å²) in [6.45, 7) is 4.92. The van der Waals surface area contributed by atoms with Gasteiger partial charge in [0.05, 0.1) is 18.7 Å². The van der Waals surface area contributed by atoms with Crippen molar-refractivity contribution in [1.29, 1.82) is 0 Å². The zero-order chi connectivity index (χ0) is 13.0. The molecule has 0 saturated carbocycles. The quantitative estimate of drug-likeness (QED) is 0.855. The second-order valence-electron chi connectivity index (χ2n) is 3.62. The molecule has 0 unspecified atom stereocenters. The summed E-state index contributed by atoms with van der Waals surface area (Å²) in [4.78, 5) is 18.2. The summed E-state index contributed by atoms with van der Waals surface area (Å²) in [6, 6.07) is 4.17. The third-order valence-electron chi connectivity index (χ3n) is 2.26. The van der Waals surface area contributed by atoms with Crippen molar-refractivity contribution >= 4 is 33.6 Å². The van der Waals surface area contributed by atoms with E-state index in [9.17, 15) is 4.79 Å². The Labute approximate surface area is 114 Å². The molecule has 0 spiro atoms. The largest absolute Gasteiger partial charge is 0.461 e. The maximum atomic E-state index is 11.6. The van der Waals surface area contributed by atoms with E-state index in [1.807, 2.05) is 0 Å². The second-order valence-corrected chi connectivity index (χ2v) is 5.84. The van der Waals surface area contributed by atoms with Gasteiger partial charge in [-0.05, 0) is 26.0 Å². The number of nitrogens with one attached hydrogen (secondary N) is 1. The van der Waals surface area contributed by atoms with Crippen LogP contribution in [-0.4, -0.2) is 17.6 Å². The Morgan fingerprint density at radius 2 is 2.33 bits per heavy atom. The van der Waals surface area contributed by atoms with Crippen molar-refractivity contribution in [3.8, 4) is 0 Å². The van der Waals surface area contributed by atoms with Gasteiger partial charge in [-0.25, -0.2) is 9.78 Å². The Balaban J connectivity index is 2.01. The molecule has 18 heavy (non-hydrogen) atoms. The van der Waals surface area contributed by atoms with E-state index >= 15 is 0 Å². The highest BCUT2D eigenvalue weighted by Crippen LogP contribution is 2.23. The summed E-state index contributed by atoms with van der Waals surface area (Å²) in [5, 5.41) is 3.99. The van der Waals surface area contributed by atoms with Crippen molar-refractivity contribution < 1.29 is 9.53 Å². The van der Waals surface area contributed by atoms with E-state index in [0.29, 0.717) is 18.8 Å².